The number of amides is 1. The van der Waals surface area contributed by atoms with Crippen LogP contribution in [0.2, 0.25) is 0 Å². The number of aromatic nitrogens is 2. The van der Waals surface area contributed by atoms with E-state index in [2.05, 4.69) is 26.3 Å². The molecule has 3 N–H and O–H groups in total. The van der Waals surface area contributed by atoms with Gasteiger partial charge in [-0.2, -0.15) is 5.10 Å². The molecule has 0 atom stereocenters. The first-order valence-electron chi connectivity index (χ1n) is 6.00. The van der Waals surface area contributed by atoms with Gasteiger partial charge in [-0.25, -0.2) is 0 Å². The Morgan fingerprint density at radius 2 is 2.35 bits per heavy atom. The molecule has 2 aromatic rings. The van der Waals surface area contributed by atoms with Gasteiger partial charge in [0.2, 0.25) is 0 Å². The van der Waals surface area contributed by atoms with E-state index in [0.29, 0.717) is 30.1 Å². The van der Waals surface area contributed by atoms with Gasteiger partial charge in [0.15, 0.2) is 0 Å². The number of halogens is 1. The zero-order valence-electron chi connectivity index (χ0n) is 11.0. The Hall–Kier alpha value is -2.02. The van der Waals surface area contributed by atoms with E-state index < -0.39 is 0 Å². The summed E-state index contributed by atoms with van der Waals surface area (Å²) in [5, 5.41) is 6.86. The molecule has 106 valence electrons. The van der Waals surface area contributed by atoms with Crippen molar-refractivity contribution in [3.63, 3.8) is 0 Å². The van der Waals surface area contributed by atoms with Crippen LogP contribution < -0.4 is 15.8 Å². The lowest BCUT2D eigenvalue weighted by molar-refractivity contribution is 0.0952. The Balaban J connectivity index is 1.90. The Bertz CT molecular complexity index is 612. The number of nitrogens with one attached hydrogen (secondary N) is 1. The third-order valence-electron chi connectivity index (χ3n) is 2.69. The van der Waals surface area contributed by atoms with E-state index >= 15 is 0 Å². The largest absolute Gasteiger partial charge is 0.496 e. The first-order chi connectivity index (χ1) is 9.60. The lowest BCUT2D eigenvalue weighted by Crippen LogP contribution is -2.27. The highest BCUT2D eigenvalue weighted by molar-refractivity contribution is 9.10. The molecule has 0 bridgehead atoms. The van der Waals surface area contributed by atoms with Crippen LogP contribution in [0.1, 0.15) is 10.4 Å². The maximum atomic E-state index is 12.0. The zero-order valence-corrected chi connectivity index (χ0v) is 12.6. The predicted molar refractivity (Wildman–Crippen MR) is 79.7 cm³/mol. The van der Waals surface area contributed by atoms with Crippen molar-refractivity contribution in [1.29, 1.82) is 0 Å². The van der Waals surface area contributed by atoms with Crippen molar-refractivity contribution in [2.75, 3.05) is 19.4 Å². The molecular formula is C13H15BrN4O2. The number of nitrogen functional groups attached to an aromatic ring is 1. The molecular weight excluding hydrogens is 324 g/mol. The number of hydrogen-bond acceptors (Lipinski definition) is 4. The third kappa shape index (κ3) is 3.51. The fourth-order valence-electron chi connectivity index (χ4n) is 1.70. The van der Waals surface area contributed by atoms with Gasteiger partial charge in [0.05, 0.1) is 30.0 Å². The summed E-state index contributed by atoms with van der Waals surface area (Å²) in [5.74, 6) is 0.544. The molecule has 0 unspecified atom stereocenters. The van der Waals surface area contributed by atoms with E-state index in [1.54, 1.807) is 42.4 Å². The van der Waals surface area contributed by atoms with E-state index in [1.807, 2.05) is 0 Å². The predicted octanol–water partition coefficient (Wildman–Crippen LogP) is 1.67. The molecule has 1 aromatic heterocycles. The van der Waals surface area contributed by atoms with E-state index in [1.165, 1.54) is 0 Å². The molecule has 0 aliphatic heterocycles. The summed E-state index contributed by atoms with van der Waals surface area (Å²) >= 11 is 3.35. The molecule has 1 aromatic carbocycles. The number of nitrogens with zero attached hydrogens (tertiary/aromatic N) is 2. The van der Waals surface area contributed by atoms with Crippen molar-refractivity contribution in [2.45, 2.75) is 6.54 Å². The van der Waals surface area contributed by atoms with Crippen LogP contribution >= 0.6 is 15.9 Å². The molecule has 1 amide bonds. The fraction of sp³-hybridized carbons (Fsp3) is 0.231. The number of benzene rings is 1. The Kier molecular flexibility index (Phi) is 4.62. The summed E-state index contributed by atoms with van der Waals surface area (Å²) in [4.78, 5) is 12.0. The maximum absolute atomic E-state index is 12.0. The molecule has 6 nitrogen and oxygen atoms in total. The van der Waals surface area contributed by atoms with Crippen LogP contribution in [0.3, 0.4) is 0 Å². The normalized spacial score (nSPS) is 10.3. The summed E-state index contributed by atoms with van der Waals surface area (Å²) in [6, 6.07) is 5.18. The zero-order chi connectivity index (χ0) is 14.5. The Labute approximate surface area is 125 Å². The second-order valence-corrected chi connectivity index (χ2v) is 5.00. The summed E-state index contributed by atoms with van der Waals surface area (Å²) < 4.78 is 7.54. The fourth-order valence-corrected chi connectivity index (χ4v) is 2.24. The van der Waals surface area contributed by atoms with Gasteiger partial charge >= 0.3 is 0 Å². The van der Waals surface area contributed by atoms with E-state index in [-0.39, 0.29) is 5.91 Å². The van der Waals surface area contributed by atoms with Gasteiger partial charge in [0.25, 0.3) is 5.91 Å². The quantitative estimate of drug-likeness (QED) is 0.868. The minimum atomic E-state index is -0.145. The summed E-state index contributed by atoms with van der Waals surface area (Å²) in [6.07, 6.45) is 3.29. The van der Waals surface area contributed by atoms with Gasteiger partial charge in [-0.05, 0) is 34.1 Å². The number of methoxy groups -OCH3 is 1. The first kappa shape index (κ1) is 14.4. The molecule has 0 aliphatic rings. The van der Waals surface area contributed by atoms with Gasteiger partial charge in [0, 0.05) is 18.3 Å². The van der Waals surface area contributed by atoms with Crippen LogP contribution in [0.5, 0.6) is 5.75 Å². The molecule has 0 spiro atoms. The molecule has 0 aliphatic carbocycles. The van der Waals surface area contributed by atoms with E-state index in [4.69, 9.17) is 10.5 Å². The number of ether oxygens (including phenoxy) is 1. The van der Waals surface area contributed by atoms with Gasteiger partial charge in [-0.3, -0.25) is 9.48 Å². The molecule has 0 saturated carbocycles. The molecule has 20 heavy (non-hydrogen) atoms. The minimum Gasteiger partial charge on any atom is -0.496 e. The highest BCUT2D eigenvalue weighted by Gasteiger charge is 2.08. The van der Waals surface area contributed by atoms with Gasteiger partial charge in [-0.1, -0.05) is 0 Å². The second kappa shape index (κ2) is 6.42. The minimum absolute atomic E-state index is 0.145. The molecule has 0 fully saturated rings. The number of rotatable bonds is 5. The average molecular weight is 339 g/mol. The second-order valence-electron chi connectivity index (χ2n) is 4.14. The molecule has 0 saturated heterocycles. The molecule has 0 radical (unpaired) electrons. The summed E-state index contributed by atoms with van der Waals surface area (Å²) in [7, 11) is 1.58. The molecule has 2 rings (SSSR count). The maximum Gasteiger partial charge on any atom is 0.251 e. The third-order valence-corrected chi connectivity index (χ3v) is 3.31. The monoisotopic (exact) mass is 338 g/mol. The van der Waals surface area contributed by atoms with E-state index in [0.717, 1.165) is 4.47 Å². The lowest BCUT2D eigenvalue weighted by Gasteiger charge is -2.08. The molecule has 1 heterocycles. The summed E-state index contributed by atoms with van der Waals surface area (Å²) in [6.45, 7) is 1.05. The Morgan fingerprint density at radius 3 is 2.95 bits per heavy atom. The van der Waals surface area contributed by atoms with Crippen LogP contribution in [0, 0.1) is 0 Å². The molecule has 7 heteroatoms. The number of nitrogens with two attached hydrogens (primary N) is 1. The first-order valence-corrected chi connectivity index (χ1v) is 6.79. The van der Waals surface area contributed by atoms with Crippen molar-refractivity contribution < 1.29 is 9.53 Å². The number of hydrogen-bond donors (Lipinski definition) is 2. The summed E-state index contributed by atoms with van der Waals surface area (Å²) in [5.41, 5.74) is 6.73. The van der Waals surface area contributed by atoms with Crippen molar-refractivity contribution in [1.82, 2.24) is 15.1 Å². The van der Waals surface area contributed by atoms with Crippen molar-refractivity contribution in [3.8, 4) is 5.75 Å². The van der Waals surface area contributed by atoms with Gasteiger partial charge in [0.1, 0.15) is 5.75 Å². The van der Waals surface area contributed by atoms with Crippen molar-refractivity contribution in [3.05, 3.63) is 40.6 Å². The Morgan fingerprint density at radius 1 is 1.55 bits per heavy atom. The van der Waals surface area contributed by atoms with Crippen molar-refractivity contribution in [2.24, 2.45) is 0 Å². The van der Waals surface area contributed by atoms with Crippen LogP contribution in [0.15, 0.2) is 35.1 Å². The SMILES string of the molecule is COc1ccc(C(=O)NCCn2cc(N)cn2)cc1Br. The average Bonchev–Trinajstić information content (AvgIpc) is 2.84. The van der Waals surface area contributed by atoms with Crippen molar-refractivity contribution >= 4 is 27.5 Å². The van der Waals surface area contributed by atoms with Gasteiger partial charge < -0.3 is 15.8 Å². The number of anilines is 1. The van der Waals surface area contributed by atoms with Crippen LogP contribution in [0.25, 0.3) is 0 Å². The van der Waals surface area contributed by atoms with E-state index in [9.17, 15) is 4.79 Å². The van der Waals surface area contributed by atoms with Crippen LogP contribution in [-0.4, -0.2) is 29.3 Å². The smallest absolute Gasteiger partial charge is 0.251 e. The lowest BCUT2D eigenvalue weighted by atomic mass is 10.2. The highest BCUT2D eigenvalue weighted by atomic mass is 79.9. The van der Waals surface area contributed by atoms with Gasteiger partial charge in [-0.15, -0.1) is 0 Å². The van der Waals surface area contributed by atoms with Crippen LogP contribution in [0.4, 0.5) is 5.69 Å². The standard InChI is InChI=1S/C13H15BrN4O2/c1-20-12-3-2-9(6-11(12)14)13(19)16-4-5-18-8-10(15)7-17-18/h2-3,6-8H,4-5,15H2,1H3,(H,16,19). The number of carbonyl (C=O) groups is 1. The highest BCUT2D eigenvalue weighted by Crippen LogP contribution is 2.25. The topological polar surface area (TPSA) is 82.2 Å². The van der Waals surface area contributed by atoms with Crippen LogP contribution in [-0.2, 0) is 6.54 Å². The number of carbonyl (C=O) groups excluding carboxylic acids is 1.